The monoisotopic (exact) mass is 376 g/mol. The number of amides is 1. The van der Waals surface area contributed by atoms with Crippen molar-refractivity contribution in [3.8, 4) is 5.75 Å². The van der Waals surface area contributed by atoms with Gasteiger partial charge in [0.2, 0.25) is 10.0 Å². The van der Waals surface area contributed by atoms with E-state index < -0.39 is 16.1 Å². The maximum Gasteiger partial charge on any atom is 0.265 e. The first kappa shape index (κ1) is 19.8. The van der Waals surface area contributed by atoms with Crippen LogP contribution in [0.3, 0.4) is 0 Å². The summed E-state index contributed by atoms with van der Waals surface area (Å²) in [6.45, 7) is 5.60. The predicted molar refractivity (Wildman–Crippen MR) is 104 cm³/mol. The number of hydrogen-bond donors (Lipinski definition) is 1. The molecule has 1 N–H and O–H groups in total. The number of hydrogen-bond acceptors (Lipinski definition) is 4. The van der Waals surface area contributed by atoms with Crippen molar-refractivity contribution < 1.29 is 17.9 Å². The third-order valence-electron chi connectivity index (χ3n) is 4.24. The lowest BCUT2D eigenvalue weighted by Gasteiger charge is -2.18. The first-order valence-electron chi connectivity index (χ1n) is 8.17. The molecule has 26 heavy (non-hydrogen) atoms. The lowest BCUT2D eigenvalue weighted by atomic mass is 10.1. The summed E-state index contributed by atoms with van der Waals surface area (Å²) in [7, 11) is -1.84. The second-order valence-electron chi connectivity index (χ2n) is 6.22. The van der Waals surface area contributed by atoms with Gasteiger partial charge in [0.15, 0.2) is 6.10 Å². The van der Waals surface area contributed by atoms with Gasteiger partial charge in [0, 0.05) is 12.7 Å². The summed E-state index contributed by atoms with van der Waals surface area (Å²) in [6, 6.07) is 12.3. The third kappa shape index (κ3) is 4.76. The molecule has 0 spiro atoms. The van der Waals surface area contributed by atoms with E-state index in [4.69, 9.17) is 4.74 Å². The number of ether oxygens (including phenoxy) is 1. The number of carbonyl (C=O) groups is 1. The fraction of sp³-hybridized carbons (Fsp3) is 0.316. The molecule has 0 heterocycles. The second kappa shape index (κ2) is 7.78. The highest BCUT2D eigenvalue weighted by atomic mass is 32.2. The van der Waals surface area contributed by atoms with Crippen LogP contribution in [0.25, 0.3) is 0 Å². The van der Waals surface area contributed by atoms with E-state index in [9.17, 15) is 13.2 Å². The number of anilines is 2. The van der Waals surface area contributed by atoms with Crippen molar-refractivity contribution in [3.63, 3.8) is 0 Å². The smallest absolute Gasteiger partial charge is 0.265 e. The number of benzene rings is 2. The van der Waals surface area contributed by atoms with E-state index in [0.29, 0.717) is 11.4 Å². The first-order chi connectivity index (χ1) is 12.1. The van der Waals surface area contributed by atoms with E-state index in [-0.39, 0.29) is 5.91 Å². The fourth-order valence-corrected chi connectivity index (χ4v) is 2.81. The van der Waals surface area contributed by atoms with Crippen LogP contribution in [-0.2, 0) is 14.8 Å². The number of rotatable bonds is 6. The van der Waals surface area contributed by atoms with Crippen molar-refractivity contribution in [2.75, 3.05) is 22.9 Å². The molecule has 2 aromatic carbocycles. The molecule has 0 saturated carbocycles. The highest BCUT2D eigenvalue weighted by molar-refractivity contribution is 7.92. The summed E-state index contributed by atoms with van der Waals surface area (Å²) >= 11 is 0. The molecule has 0 aliphatic rings. The molecule has 140 valence electrons. The normalized spacial score (nSPS) is 12.3. The number of sulfonamides is 1. The Kier molecular flexibility index (Phi) is 5.92. The molecule has 1 unspecified atom stereocenters. The lowest BCUT2D eigenvalue weighted by Crippen LogP contribution is -2.30. The van der Waals surface area contributed by atoms with Crippen molar-refractivity contribution in [3.05, 3.63) is 53.6 Å². The van der Waals surface area contributed by atoms with Gasteiger partial charge in [-0.1, -0.05) is 12.1 Å². The molecule has 2 aromatic rings. The fourth-order valence-electron chi connectivity index (χ4n) is 2.30. The molecule has 0 bridgehead atoms. The quantitative estimate of drug-likeness (QED) is 0.840. The van der Waals surface area contributed by atoms with Gasteiger partial charge in [-0.2, -0.15) is 0 Å². The van der Waals surface area contributed by atoms with E-state index in [1.54, 1.807) is 31.2 Å². The van der Waals surface area contributed by atoms with E-state index in [2.05, 4.69) is 5.32 Å². The average Bonchev–Trinajstić information content (AvgIpc) is 2.58. The second-order valence-corrected chi connectivity index (χ2v) is 8.23. The molecule has 0 aromatic heterocycles. The van der Waals surface area contributed by atoms with Crippen molar-refractivity contribution >= 4 is 27.3 Å². The van der Waals surface area contributed by atoms with Crippen LogP contribution in [0.1, 0.15) is 18.1 Å². The Morgan fingerprint density at radius 1 is 1.12 bits per heavy atom. The van der Waals surface area contributed by atoms with Gasteiger partial charge < -0.3 is 10.1 Å². The Balaban J connectivity index is 2.04. The minimum atomic E-state index is -3.32. The topological polar surface area (TPSA) is 75.7 Å². The van der Waals surface area contributed by atoms with Crippen molar-refractivity contribution in [2.24, 2.45) is 0 Å². The molecule has 2 rings (SSSR count). The van der Waals surface area contributed by atoms with Gasteiger partial charge in [0.25, 0.3) is 5.91 Å². The predicted octanol–water partition coefficient (Wildman–Crippen LogP) is 3.11. The Morgan fingerprint density at radius 2 is 1.73 bits per heavy atom. The molecule has 0 fully saturated rings. The van der Waals surface area contributed by atoms with Gasteiger partial charge >= 0.3 is 0 Å². The first-order valence-corrected chi connectivity index (χ1v) is 10.0. The molecule has 6 nitrogen and oxygen atoms in total. The zero-order valence-corrected chi connectivity index (χ0v) is 16.4. The van der Waals surface area contributed by atoms with Gasteiger partial charge in [-0.25, -0.2) is 8.42 Å². The Bertz CT molecular complexity index is 892. The standard InChI is InChI=1S/C19H24N2O4S/c1-13-7-6-8-18(14(13)2)20-19(22)15(3)25-17-11-9-16(10-12-17)21(4)26(5,23)24/h6-12,15H,1-5H3,(H,20,22). The summed E-state index contributed by atoms with van der Waals surface area (Å²) in [5.41, 5.74) is 3.39. The molecule has 0 aliphatic heterocycles. The van der Waals surface area contributed by atoms with E-state index in [1.165, 1.54) is 11.4 Å². The highest BCUT2D eigenvalue weighted by Gasteiger charge is 2.17. The minimum absolute atomic E-state index is 0.254. The number of aryl methyl sites for hydroxylation is 1. The van der Waals surface area contributed by atoms with Crippen LogP contribution in [0.2, 0.25) is 0 Å². The Labute approximate surface area is 154 Å². The summed E-state index contributed by atoms with van der Waals surface area (Å²) in [4.78, 5) is 12.4. The maximum absolute atomic E-state index is 12.4. The molecule has 1 atom stereocenters. The van der Waals surface area contributed by atoms with Crippen LogP contribution < -0.4 is 14.4 Å². The lowest BCUT2D eigenvalue weighted by molar-refractivity contribution is -0.122. The minimum Gasteiger partial charge on any atom is -0.481 e. The zero-order chi connectivity index (χ0) is 19.5. The van der Waals surface area contributed by atoms with Crippen LogP contribution >= 0.6 is 0 Å². The summed E-state index contributed by atoms with van der Waals surface area (Å²) in [5.74, 6) is 0.232. The summed E-state index contributed by atoms with van der Waals surface area (Å²) in [5, 5.41) is 2.87. The van der Waals surface area contributed by atoms with Crippen LogP contribution in [0.4, 0.5) is 11.4 Å². The molecule has 1 amide bonds. The van der Waals surface area contributed by atoms with E-state index in [1.807, 2.05) is 32.0 Å². The van der Waals surface area contributed by atoms with Gasteiger partial charge in [0.05, 0.1) is 11.9 Å². The Hall–Kier alpha value is -2.54. The van der Waals surface area contributed by atoms with E-state index >= 15 is 0 Å². The molecular formula is C19H24N2O4S. The molecular weight excluding hydrogens is 352 g/mol. The van der Waals surface area contributed by atoms with Crippen LogP contribution in [0.15, 0.2) is 42.5 Å². The van der Waals surface area contributed by atoms with Gasteiger partial charge in [-0.05, 0) is 62.2 Å². The van der Waals surface area contributed by atoms with Crippen LogP contribution in [0, 0.1) is 13.8 Å². The molecule has 0 radical (unpaired) electrons. The van der Waals surface area contributed by atoms with Crippen molar-refractivity contribution in [1.82, 2.24) is 0 Å². The van der Waals surface area contributed by atoms with E-state index in [0.717, 1.165) is 23.1 Å². The maximum atomic E-state index is 12.4. The van der Waals surface area contributed by atoms with Crippen molar-refractivity contribution in [1.29, 1.82) is 0 Å². The average molecular weight is 376 g/mol. The third-order valence-corrected chi connectivity index (χ3v) is 5.45. The number of nitrogens with zero attached hydrogens (tertiary/aromatic N) is 1. The van der Waals surface area contributed by atoms with Crippen LogP contribution in [-0.4, -0.2) is 33.7 Å². The summed E-state index contributed by atoms with van der Waals surface area (Å²) < 4.78 is 29.9. The highest BCUT2D eigenvalue weighted by Crippen LogP contribution is 2.22. The van der Waals surface area contributed by atoms with Gasteiger partial charge in [-0.3, -0.25) is 9.10 Å². The van der Waals surface area contributed by atoms with Gasteiger partial charge in [-0.15, -0.1) is 0 Å². The largest absolute Gasteiger partial charge is 0.481 e. The summed E-state index contributed by atoms with van der Waals surface area (Å²) in [6.07, 6.45) is 0.435. The number of carbonyl (C=O) groups excluding carboxylic acids is 1. The van der Waals surface area contributed by atoms with Crippen molar-refractivity contribution in [2.45, 2.75) is 26.9 Å². The SMILES string of the molecule is Cc1cccc(NC(=O)C(C)Oc2ccc(N(C)S(C)(=O)=O)cc2)c1C. The molecule has 7 heteroatoms. The Morgan fingerprint density at radius 3 is 2.31 bits per heavy atom. The molecule has 0 saturated heterocycles. The molecule has 0 aliphatic carbocycles. The van der Waals surface area contributed by atoms with Gasteiger partial charge in [0.1, 0.15) is 5.75 Å². The van der Waals surface area contributed by atoms with Crippen LogP contribution in [0.5, 0.6) is 5.75 Å². The zero-order valence-electron chi connectivity index (χ0n) is 15.6. The number of nitrogens with one attached hydrogen (secondary N) is 1.